The van der Waals surface area contributed by atoms with Crippen molar-refractivity contribution < 1.29 is 4.74 Å². The van der Waals surface area contributed by atoms with E-state index >= 15 is 0 Å². The maximum atomic E-state index is 6.10. The van der Waals surface area contributed by atoms with Gasteiger partial charge in [0.1, 0.15) is 23.2 Å². The summed E-state index contributed by atoms with van der Waals surface area (Å²) >= 11 is 0. The minimum absolute atomic E-state index is 0.356. The molecule has 3 aromatic rings. The predicted octanol–water partition coefficient (Wildman–Crippen LogP) is 4.16. The molecule has 3 aromatic carbocycles. The summed E-state index contributed by atoms with van der Waals surface area (Å²) in [6.45, 7) is 0.906. The van der Waals surface area contributed by atoms with Gasteiger partial charge in [0.2, 0.25) is 0 Å². The third-order valence-corrected chi connectivity index (χ3v) is 9.59. The van der Waals surface area contributed by atoms with Gasteiger partial charge in [-0.15, -0.1) is 0 Å². The molecule has 1 atom stereocenters. The summed E-state index contributed by atoms with van der Waals surface area (Å²) in [5, 5.41) is 4.34. The van der Waals surface area contributed by atoms with Crippen LogP contribution in [0.3, 0.4) is 0 Å². The van der Waals surface area contributed by atoms with Gasteiger partial charge in [0.15, 0.2) is 0 Å². The molecule has 0 bridgehead atoms. The predicted molar refractivity (Wildman–Crippen MR) is 109 cm³/mol. The van der Waals surface area contributed by atoms with Crippen LogP contribution in [-0.2, 0) is 4.74 Å². The Bertz CT molecular complexity index is 683. The van der Waals surface area contributed by atoms with Gasteiger partial charge in [0, 0.05) is 6.61 Å². The van der Waals surface area contributed by atoms with E-state index in [1.807, 2.05) is 0 Å². The van der Waals surface area contributed by atoms with E-state index in [1.165, 1.54) is 28.8 Å². The Balaban J connectivity index is 1.93. The fourth-order valence-electron chi connectivity index (χ4n) is 3.90. The molecule has 0 radical (unpaired) electrons. The molecule has 0 unspecified atom stereocenters. The van der Waals surface area contributed by atoms with E-state index in [1.54, 1.807) is 0 Å². The highest BCUT2D eigenvalue weighted by Gasteiger charge is 2.47. The molecule has 126 valence electrons. The third-order valence-electron chi connectivity index (χ3n) is 5.09. The summed E-state index contributed by atoms with van der Waals surface area (Å²) in [6, 6.07) is 33.2. The first kappa shape index (κ1) is 16.5. The normalized spacial score (nSPS) is 17.5. The Labute approximate surface area is 151 Å². The first-order chi connectivity index (χ1) is 12.4. The molecular weight excluding hydrogens is 323 g/mol. The quantitative estimate of drug-likeness (QED) is 0.630. The van der Waals surface area contributed by atoms with Gasteiger partial charge in [0.25, 0.3) is 0 Å². The van der Waals surface area contributed by atoms with Crippen molar-refractivity contribution >= 4 is 23.2 Å². The second kappa shape index (κ2) is 7.52. The van der Waals surface area contributed by atoms with Crippen LogP contribution in [-0.4, -0.2) is 18.9 Å². The van der Waals surface area contributed by atoms with E-state index in [4.69, 9.17) is 4.74 Å². The average molecular weight is 347 g/mol. The summed E-state index contributed by atoms with van der Waals surface area (Å²) in [6.07, 6.45) is 3.80. The van der Waals surface area contributed by atoms with Crippen molar-refractivity contribution in [2.24, 2.45) is 0 Å². The summed E-state index contributed by atoms with van der Waals surface area (Å²) < 4.78 is 6.10. The molecule has 0 amide bonds. The minimum atomic E-state index is -1.73. The van der Waals surface area contributed by atoms with Crippen LogP contribution in [0.15, 0.2) is 91.0 Å². The Morgan fingerprint density at radius 1 is 0.680 bits per heavy atom. The second-order valence-electron chi connectivity index (χ2n) is 6.63. The third kappa shape index (κ3) is 3.27. The van der Waals surface area contributed by atoms with Gasteiger partial charge >= 0.3 is 0 Å². The van der Waals surface area contributed by atoms with Gasteiger partial charge in [-0.2, -0.15) is 0 Å². The van der Waals surface area contributed by atoms with Gasteiger partial charge in [0.05, 0.1) is 12.3 Å². The average Bonchev–Trinajstić information content (AvgIpc) is 3.21. The van der Waals surface area contributed by atoms with Crippen LogP contribution in [0.2, 0.25) is 0 Å². The minimum Gasteiger partial charge on any atom is -0.374 e. The first-order valence-electron chi connectivity index (χ1n) is 9.06. The zero-order chi connectivity index (χ0) is 17.0. The lowest BCUT2D eigenvalue weighted by atomic mass is 10.3. The van der Waals surface area contributed by atoms with Crippen molar-refractivity contribution in [3.8, 4) is 0 Å². The standard InChI is InChI=1S/C23H24OP/c1-4-12-21(13-5-1)25(19-20-11-10-18-24-20,22-14-6-2-7-15-22)23-16-8-3-9-17-23/h1-9,12-17,20H,10-11,18-19H2/q+1/t20-/m1/s1. The molecule has 0 spiro atoms. The summed E-state index contributed by atoms with van der Waals surface area (Å²) in [5.41, 5.74) is 0. The Hall–Kier alpha value is -1.95. The topological polar surface area (TPSA) is 9.23 Å². The molecule has 0 saturated carbocycles. The van der Waals surface area contributed by atoms with Crippen LogP contribution >= 0.6 is 7.26 Å². The first-order valence-corrected chi connectivity index (χ1v) is 11.0. The second-order valence-corrected chi connectivity index (χ2v) is 10.2. The van der Waals surface area contributed by atoms with Crippen LogP contribution in [0.5, 0.6) is 0 Å². The highest BCUT2D eigenvalue weighted by atomic mass is 31.2. The number of rotatable bonds is 5. The van der Waals surface area contributed by atoms with Gasteiger partial charge in [-0.25, -0.2) is 0 Å². The molecule has 1 fully saturated rings. The fraction of sp³-hybridized carbons (Fsp3) is 0.217. The van der Waals surface area contributed by atoms with Crippen molar-refractivity contribution in [2.75, 3.05) is 12.8 Å². The monoisotopic (exact) mass is 347 g/mol. The lowest BCUT2D eigenvalue weighted by Crippen LogP contribution is -2.36. The van der Waals surface area contributed by atoms with E-state index in [9.17, 15) is 0 Å². The fourth-order valence-corrected chi connectivity index (χ4v) is 8.37. The highest BCUT2D eigenvalue weighted by Crippen LogP contribution is 2.56. The molecule has 1 nitrogen and oxygen atoms in total. The van der Waals surface area contributed by atoms with Crippen LogP contribution in [0, 0.1) is 0 Å². The molecule has 0 aliphatic carbocycles. The van der Waals surface area contributed by atoms with Crippen molar-refractivity contribution in [1.82, 2.24) is 0 Å². The molecular formula is C23H24OP+. The maximum Gasteiger partial charge on any atom is 0.114 e. The molecule has 0 aromatic heterocycles. The van der Waals surface area contributed by atoms with Crippen LogP contribution in [0.25, 0.3) is 0 Å². The molecule has 1 saturated heterocycles. The molecule has 0 N–H and O–H groups in total. The van der Waals surface area contributed by atoms with Gasteiger partial charge < -0.3 is 4.74 Å². The van der Waals surface area contributed by atoms with Crippen molar-refractivity contribution in [3.05, 3.63) is 91.0 Å². The summed E-state index contributed by atoms with van der Waals surface area (Å²) in [5.74, 6) is 0. The van der Waals surface area contributed by atoms with E-state index in [0.717, 1.165) is 12.8 Å². The Kier molecular flexibility index (Phi) is 4.97. The highest BCUT2D eigenvalue weighted by molar-refractivity contribution is 7.95. The zero-order valence-corrected chi connectivity index (χ0v) is 15.3. The van der Waals surface area contributed by atoms with Crippen LogP contribution in [0.1, 0.15) is 12.8 Å². The maximum absolute atomic E-state index is 6.10. The van der Waals surface area contributed by atoms with E-state index in [0.29, 0.717) is 6.10 Å². The van der Waals surface area contributed by atoms with Crippen LogP contribution < -0.4 is 15.9 Å². The Morgan fingerprint density at radius 3 is 1.48 bits per heavy atom. The van der Waals surface area contributed by atoms with Gasteiger partial charge in [-0.05, 0) is 49.2 Å². The lowest BCUT2D eigenvalue weighted by Gasteiger charge is -2.29. The molecule has 1 aliphatic rings. The van der Waals surface area contributed by atoms with Crippen LogP contribution in [0.4, 0.5) is 0 Å². The smallest absolute Gasteiger partial charge is 0.114 e. The molecule has 1 aliphatic heterocycles. The van der Waals surface area contributed by atoms with Crippen molar-refractivity contribution in [1.29, 1.82) is 0 Å². The largest absolute Gasteiger partial charge is 0.374 e. The SMILES string of the molecule is c1ccc([P+](C[C@H]2CCCO2)(c2ccccc2)c2ccccc2)cc1. The summed E-state index contributed by atoms with van der Waals surface area (Å²) in [7, 11) is -1.73. The molecule has 2 heteroatoms. The van der Waals surface area contributed by atoms with E-state index < -0.39 is 7.26 Å². The van der Waals surface area contributed by atoms with Crippen molar-refractivity contribution in [2.45, 2.75) is 18.9 Å². The van der Waals surface area contributed by atoms with Gasteiger partial charge in [-0.1, -0.05) is 54.6 Å². The van der Waals surface area contributed by atoms with E-state index in [2.05, 4.69) is 91.0 Å². The molecule has 25 heavy (non-hydrogen) atoms. The Morgan fingerprint density at radius 2 is 1.12 bits per heavy atom. The molecule has 1 heterocycles. The zero-order valence-electron chi connectivity index (χ0n) is 14.4. The number of benzene rings is 3. The van der Waals surface area contributed by atoms with E-state index in [-0.39, 0.29) is 0 Å². The summed E-state index contributed by atoms with van der Waals surface area (Å²) in [4.78, 5) is 0. The number of ether oxygens (including phenoxy) is 1. The number of hydrogen-bond donors (Lipinski definition) is 0. The lowest BCUT2D eigenvalue weighted by molar-refractivity contribution is 0.128. The van der Waals surface area contributed by atoms with Crippen molar-refractivity contribution in [3.63, 3.8) is 0 Å². The number of hydrogen-bond acceptors (Lipinski definition) is 1. The van der Waals surface area contributed by atoms with Gasteiger partial charge in [-0.3, -0.25) is 0 Å². The molecule has 4 rings (SSSR count).